The van der Waals surface area contributed by atoms with Gasteiger partial charge in [-0.2, -0.15) is 18.4 Å². The van der Waals surface area contributed by atoms with Crippen molar-refractivity contribution in [3.05, 3.63) is 63.4 Å². The van der Waals surface area contributed by atoms with Gasteiger partial charge >= 0.3 is 6.18 Å². The number of hydrogen-bond acceptors (Lipinski definition) is 3. The maximum atomic E-state index is 13.1. The van der Waals surface area contributed by atoms with E-state index in [4.69, 9.17) is 5.26 Å². The number of rotatable bonds is 4. The molecule has 0 aliphatic carbocycles. The zero-order chi connectivity index (χ0) is 21.4. The van der Waals surface area contributed by atoms with Crippen LogP contribution in [0.2, 0.25) is 0 Å². The number of benzene rings is 2. The quantitative estimate of drug-likeness (QED) is 0.504. The van der Waals surface area contributed by atoms with Crippen LogP contribution in [0, 0.1) is 14.9 Å². The Morgan fingerprint density at radius 1 is 1.24 bits per heavy atom. The average Bonchev–Trinajstić information content (AvgIpc) is 3.02. The predicted octanol–water partition coefficient (Wildman–Crippen LogP) is 4.53. The molecule has 5 nitrogen and oxygen atoms in total. The van der Waals surface area contributed by atoms with E-state index >= 15 is 0 Å². The van der Waals surface area contributed by atoms with Crippen LogP contribution >= 0.6 is 22.6 Å². The minimum atomic E-state index is -4.74. The Morgan fingerprint density at radius 2 is 1.97 bits per heavy atom. The zero-order valence-corrected chi connectivity index (χ0v) is 17.2. The van der Waals surface area contributed by atoms with Crippen LogP contribution in [0.25, 0.3) is 10.9 Å². The number of carbonyl (C=O) groups is 1. The Kier molecular flexibility index (Phi) is 5.60. The van der Waals surface area contributed by atoms with Gasteiger partial charge in [-0.15, -0.1) is 0 Å². The molecule has 0 bridgehead atoms. The number of alkyl halides is 3. The van der Waals surface area contributed by atoms with E-state index in [0.717, 1.165) is 20.5 Å². The normalized spacial score (nSPS) is 13.7. The van der Waals surface area contributed by atoms with E-state index in [9.17, 15) is 23.1 Å². The Labute approximate surface area is 177 Å². The lowest BCUT2D eigenvalue weighted by atomic mass is 10.0. The van der Waals surface area contributed by atoms with E-state index < -0.39 is 28.8 Å². The number of halogens is 4. The number of nitrogens with one attached hydrogen (secondary N) is 1. The minimum Gasteiger partial charge on any atom is -0.378 e. The minimum absolute atomic E-state index is 0.0919. The molecule has 9 heteroatoms. The van der Waals surface area contributed by atoms with Crippen molar-refractivity contribution in [2.24, 2.45) is 0 Å². The monoisotopic (exact) mass is 513 g/mol. The molecule has 3 aromatic rings. The van der Waals surface area contributed by atoms with E-state index in [-0.39, 0.29) is 12.2 Å². The van der Waals surface area contributed by atoms with Gasteiger partial charge in [-0.05, 0) is 72.0 Å². The van der Waals surface area contributed by atoms with Gasteiger partial charge in [-0.1, -0.05) is 0 Å². The molecule has 29 heavy (non-hydrogen) atoms. The van der Waals surface area contributed by atoms with E-state index in [0.29, 0.717) is 6.07 Å². The second kappa shape index (κ2) is 7.68. The van der Waals surface area contributed by atoms with Crippen LogP contribution < -0.4 is 5.32 Å². The summed E-state index contributed by atoms with van der Waals surface area (Å²) in [5, 5.41) is 22.7. The first-order valence-corrected chi connectivity index (χ1v) is 9.49. The molecule has 0 aliphatic rings. The molecule has 0 spiro atoms. The number of fused-ring (bicyclic) bond motifs is 1. The highest BCUT2D eigenvalue weighted by Gasteiger charge is 2.35. The van der Waals surface area contributed by atoms with Gasteiger partial charge in [0.2, 0.25) is 0 Å². The summed E-state index contributed by atoms with van der Waals surface area (Å²) in [6.07, 6.45) is -3.01. The van der Waals surface area contributed by atoms with Crippen molar-refractivity contribution in [2.75, 3.05) is 5.32 Å². The summed E-state index contributed by atoms with van der Waals surface area (Å²) in [6, 6.07) is 11.9. The Balaban J connectivity index is 1.83. The lowest BCUT2D eigenvalue weighted by Crippen LogP contribution is -2.43. The summed E-state index contributed by atoms with van der Waals surface area (Å²) in [7, 11) is 0. The molecule has 0 aliphatic heterocycles. The number of nitriles is 1. The SMILES string of the molecule is CC(O)(Cn1ccc2cc(I)ccc21)C(=O)Nc1ccc(C#N)c(C(F)(F)F)c1. The van der Waals surface area contributed by atoms with Crippen LogP contribution in [0.5, 0.6) is 0 Å². The number of aromatic nitrogens is 1. The average molecular weight is 513 g/mol. The molecule has 0 radical (unpaired) electrons. The van der Waals surface area contributed by atoms with Gasteiger partial charge in [0, 0.05) is 26.4 Å². The summed E-state index contributed by atoms with van der Waals surface area (Å²) in [5.41, 5.74) is -2.93. The third-order valence-electron chi connectivity index (χ3n) is 4.40. The molecular weight excluding hydrogens is 498 g/mol. The fourth-order valence-electron chi connectivity index (χ4n) is 2.93. The number of amides is 1. The maximum Gasteiger partial charge on any atom is 0.417 e. The highest BCUT2D eigenvalue weighted by atomic mass is 127. The van der Waals surface area contributed by atoms with Gasteiger partial charge < -0.3 is 15.0 Å². The van der Waals surface area contributed by atoms with Crippen molar-refractivity contribution in [1.82, 2.24) is 4.57 Å². The number of carbonyl (C=O) groups excluding carboxylic acids is 1. The van der Waals surface area contributed by atoms with Crippen molar-refractivity contribution in [3.8, 4) is 6.07 Å². The first kappa shape index (κ1) is 21.1. The molecule has 0 fully saturated rings. The smallest absolute Gasteiger partial charge is 0.378 e. The summed E-state index contributed by atoms with van der Waals surface area (Å²) < 4.78 is 42.0. The van der Waals surface area contributed by atoms with Gasteiger partial charge in [0.25, 0.3) is 5.91 Å². The molecule has 1 aromatic heterocycles. The van der Waals surface area contributed by atoms with Gasteiger partial charge in [0.1, 0.15) is 0 Å². The van der Waals surface area contributed by atoms with E-state index in [1.807, 2.05) is 24.3 Å². The second-order valence-electron chi connectivity index (χ2n) is 6.74. The third-order valence-corrected chi connectivity index (χ3v) is 5.07. The first-order chi connectivity index (χ1) is 13.5. The van der Waals surface area contributed by atoms with Crippen molar-refractivity contribution < 1.29 is 23.1 Å². The van der Waals surface area contributed by atoms with Crippen LogP contribution in [0.4, 0.5) is 18.9 Å². The molecular formula is C20H15F3IN3O2. The maximum absolute atomic E-state index is 13.1. The highest BCUT2D eigenvalue weighted by Crippen LogP contribution is 2.33. The van der Waals surface area contributed by atoms with Crippen molar-refractivity contribution in [2.45, 2.75) is 25.2 Å². The zero-order valence-electron chi connectivity index (χ0n) is 15.1. The van der Waals surface area contributed by atoms with Crippen LogP contribution in [0.15, 0.2) is 48.7 Å². The number of anilines is 1. The van der Waals surface area contributed by atoms with E-state index in [2.05, 4.69) is 27.9 Å². The summed E-state index contributed by atoms with van der Waals surface area (Å²) in [4.78, 5) is 12.5. The third kappa shape index (κ3) is 4.54. The van der Waals surface area contributed by atoms with Crippen molar-refractivity contribution >= 4 is 45.1 Å². The topological polar surface area (TPSA) is 78.1 Å². The molecule has 0 saturated carbocycles. The van der Waals surface area contributed by atoms with Gasteiger partial charge in [0.05, 0.1) is 23.7 Å². The van der Waals surface area contributed by atoms with Crippen LogP contribution in [-0.4, -0.2) is 21.2 Å². The fraction of sp³-hybridized carbons (Fsp3) is 0.200. The van der Waals surface area contributed by atoms with Gasteiger partial charge in [-0.3, -0.25) is 4.79 Å². The molecule has 1 atom stereocenters. The number of nitrogens with zero attached hydrogens (tertiary/aromatic N) is 2. The first-order valence-electron chi connectivity index (χ1n) is 8.41. The molecule has 0 saturated heterocycles. The molecule has 2 aromatic carbocycles. The van der Waals surface area contributed by atoms with Crippen LogP contribution in [-0.2, 0) is 17.5 Å². The fourth-order valence-corrected chi connectivity index (χ4v) is 3.45. The molecule has 2 N–H and O–H groups in total. The Morgan fingerprint density at radius 3 is 2.62 bits per heavy atom. The largest absolute Gasteiger partial charge is 0.417 e. The van der Waals surface area contributed by atoms with E-state index in [1.54, 1.807) is 10.8 Å². The van der Waals surface area contributed by atoms with Crippen LogP contribution in [0.1, 0.15) is 18.1 Å². The molecule has 150 valence electrons. The summed E-state index contributed by atoms with van der Waals surface area (Å²) in [6.45, 7) is 1.19. The molecule has 3 rings (SSSR count). The van der Waals surface area contributed by atoms with Crippen molar-refractivity contribution in [1.29, 1.82) is 5.26 Å². The van der Waals surface area contributed by atoms with Crippen LogP contribution in [0.3, 0.4) is 0 Å². The predicted molar refractivity (Wildman–Crippen MR) is 110 cm³/mol. The van der Waals surface area contributed by atoms with E-state index in [1.165, 1.54) is 19.1 Å². The van der Waals surface area contributed by atoms with Crippen molar-refractivity contribution in [3.63, 3.8) is 0 Å². The lowest BCUT2D eigenvalue weighted by molar-refractivity contribution is -0.138. The molecule has 1 amide bonds. The van der Waals surface area contributed by atoms with Gasteiger partial charge in [-0.25, -0.2) is 0 Å². The second-order valence-corrected chi connectivity index (χ2v) is 7.99. The number of aliphatic hydroxyl groups is 1. The Hall–Kier alpha value is -2.58. The van der Waals surface area contributed by atoms with Gasteiger partial charge in [0.15, 0.2) is 5.60 Å². The number of hydrogen-bond donors (Lipinski definition) is 2. The molecule has 1 heterocycles. The highest BCUT2D eigenvalue weighted by molar-refractivity contribution is 14.1. The Bertz CT molecular complexity index is 1130. The molecule has 1 unspecified atom stereocenters. The summed E-state index contributed by atoms with van der Waals surface area (Å²) >= 11 is 2.18. The standard InChI is InChI=1S/C20H15F3IN3O2/c1-19(29,11-27-7-6-12-8-14(24)3-5-17(12)27)18(28)26-15-4-2-13(10-25)16(9-15)20(21,22)23/h2-9,29H,11H2,1H3,(H,26,28). The summed E-state index contributed by atoms with van der Waals surface area (Å²) in [5.74, 6) is -0.859. The lowest BCUT2D eigenvalue weighted by Gasteiger charge is -2.24.